The maximum atomic E-state index is 6.18. The molecule has 2 heterocycles. The average molecular weight is 661 g/mol. The normalized spacial score (nSPS) is 12.2. The number of para-hydroxylation sites is 2. The van der Waals surface area contributed by atoms with Gasteiger partial charge in [-0.2, -0.15) is 0 Å². The van der Waals surface area contributed by atoms with E-state index in [-0.39, 0.29) is 0 Å². The molecule has 12 rings (SSSR count). The first-order valence-corrected chi connectivity index (χ1v) is 17.8. The van der Waals surface area contributed by atoms with Crippen molar-refractivity contribution in [3.05, 3.63) is 170 Å². The lowest BCUT2D eigenvalue weighted by Gasteiger charge is -2.18. The van der Waals surface area contributed by atoms with Crippen molar-refractivity contribution in [1.82, 2.24) is 0 Å². The third kappa shape index (κ3) is 3.84. The van der Waals surface area contributed by atoms with E-state index in [2.05, 4.69) is 146 Å². The van der Waals surface area contributed by atoms with Crippen molar-refractivity contribution < 1.29 is 8.83 Å². The molecule has 0 aliphatic heterocycles. The summed E-state index contributed by atoms with van der Waals surface area (Å²) in [7, 11) is 0. The van der Waals surface area contributed by atoms with Crippen LogP contribution >= 0.6 is 0 Å². The predicted molar refractivity (Wildman–Crippen MR) is 219 cm³/mol. The first-order chi connectivity index (χ1) is 25.8. The van der Waals surface area contributed by atoms with Crippen LogP contribution in [0, 0.1) is 0 Å². The summed E-state index contributed by atoms with van der Waals surface area (Å²) in [5, 5.41) is 17.3. The summed E-state index contributed by atoms with van der Waals surface area (Å²) in [6.45, 7) is 0. The van der Waals surface area contributed by atoms with Crippen LogP contribution in [-0.2, 0) is 0 Å². The molecule has 2 aromatic heterocycles. The highest BCUT2D eigenvalue weighted by Gasteiger charge is 2.18. The third-order valence-corrected chi connectivity index (χ3v) is 11.2. The highest BCUT2D eigenvalue weighted by molar-refractivity contribution is 6.39. The summed E-state index contributed by atoms with van der Waals surface area (Å²) in [5.41, 5.74) is 8.40. The van der Waals surface area contributed by atoms with Crippen molar-refractivity contribution in [2.75, 3.05) is 0 Å². The molecule has 52 heavy (non-hydrogen) atoms. The molecule has 240 valence electrons. The van der Waals surface area contributed by atoms with Gasteiger partial charge in [-0.05, 0) is 125 Å². The van der Waals surface area contributed by atoms with Crippen molar-refractivity contribution >= 4 is 97.7 Å². The molecular formula is C50H28O2. The second kappa shape index (κ2) is 10.3. The Hall–Kier alpha value is -6.90. The van der Waals surface area contributed by atoms with Crippen LogP contribution < -0.4 is 0 Å². The van der Waals surface area contributed by atoms with Gasteiger partial charge < -0.3 is 8.83 Å². The van der Waals surface area contributed by atoms with E-state index in [1.54, 1.807) is 0 Å². The molecule has 10 aromatic carbocycles. The smallest absolute Gasteiger partial charge is 0.135 e. The Bertz CT molecular complexity index is 3240. The fraction of sp³-hybridized carbons (Fsp3) is 0. The van der Waals surface area contributed by atoms with Gasteiger partial charge in [0.05, 0.1) is 0 Å². The molecule has 0 saturated heterocycles. The number of rotatable bonds is 2. The van der Waals surface area contributed by atoms with Crippen LogP contribution in [0.2, 0.25) is 0 Å². The number of hydrogen-bond donors (Lipinski definition) is 0. The van der Waals surface area contributed by atoms with Crippen LogP contribution in [-0.4, -0.2) is 0 Å². The quantitative estimate of drug-likeness (QED) is 0.173. The first kappa shape index (κ1) is 27.9. The average Bonchev–Trinajstić information content (AvgIpc) is 3.78. The molecule has 0 spiro atoms. The highest BCUT2D eigenvalue weighted by atomic mass is 16.3. The Labute approximate surface area is 297 Å². The van der Waals surface area contributed by atoms with E-state index in [1.165, 1.54) is 76.1 Å². The van der Waals surface area contributed by atoms with E-state index in [0.29, 0.717) is 0 Å². The number of benzene rings is 10. The Morgan fingerprint density at radius 1 is 0.212 bits per heavy atom. The summed E-state index contributed by atoms with van der Waals surface area (Å²) < 4.78 is 12.4. The molecule has 0 saturated carbocycles. The van der Waals surface area contributed by atoms with Gasteiger partial charge in [0.25, 0.3) is 0 Å². The van der Waals surface area contributed by atoms with E-state index in [0.717, 1.165) is 43.9 Å². The number of hydrogen-bond acceptors (Lipinski definition) is 2. The lowest BCUT2D eigenvalue weighted by molar-refractivity contribution is 0.668. The molecular weight excluding hydrogens is 633 g/mol. The Balaban J connectivity index is 1.18. The molecule has 0 aliphatic carbocycles. The monoisotopic (exact) mass is 660 g/mol. The van der Waals surface area contributed by atoms with Gasteiger partial charge in [0.1, 0.15) is 22.3 Å². The topological polar surface area (TPSA) is 26.3 Å². The van der Waals surface area contributed by atoms with Gasteiger partial charge in [0.2, 0.25) is 0 Å². The maximum absolute atomic E-state index is 6.18. The number of furan rings is 2. The number of fused-ring (bicyclic) bond motifs is 17. The van der Waals surface area contributed by atoms with Gasteiger partial charge in [-0.3, -0.25) is 0 Å². The van der Waals surface area contributed by atoms with Crippen LogP contribution in [0.25, 0.3) is 120 Å². The van der Waals surface area contributed by atoms with Crippen molar-refractivity contribution in [1.29, 1.82) is 0 Å². The minimum Gasteiger partial charge on any atom is -0.456 e. The van der Waals surface area contributed by atoms with Gasteiger partial charge in [-0.15, -0.1) is 0 Å². The standard InChI is InChI=1S/C50H28O2/c1-3-13-39-33(9-1)34-10-2-4-14-40(34)50-44-28-30(32-20-24-48-42(26-32)38-12-6-8-16-46(38)52-48)18-22-36(44)35-21-17-29(27-43(35)49(39)50)31-19-23-47-41(25-31)37-11-5-7-15-45(37)51-47/h1-28H. The van der Waals surface area contributed by atoms with Gasteiger partial charge in [-0.1, -0.05) is 121 Å². The molecule has 0 amide bonds. The zero-order valence-corrected chi connectivity index (χ0v) is 28.0. The molecule has 0 aliphatic rings. The van der Waals surface area contributed by atoms with Gasteiger partial charge >= 0.3 is 0 Å². The summed E-state index contributed by atoms with van der Waals surface area (Å²) in [4.78, 5) is 0. The predicted octanol–water partition coefficient (Wildman–Crippen LogP) is 14.6. The maximum Gasteiger partial charge on any atom is 0.135 e. The SMILES string of the molecule is c1ccc2c(c1)oc1ccc(-c3ccc4c5ccc(-c6ccc7oc8ccccc8c7c6)cc5c5c6ccccc6c6ccccc6c5c4c3)cc12. The van der Waals surface area contributed by atoms with E-state index in [1.807, 2.05) is 24.3 Å². The molecule has 2 nitrogen and oxygen atoms in total. The highest BCUT2D eigenvalue weighted by Crippen LogP contribution is 2.46. The first-order valence-electron chi connectivity index (χ1n) is 17.8. The second-order valence-electron chi connectivity index (χ2n) is 14.0. The molecule has 0 bridgehead atoms. The molecule has 2 heteroatoms. The molecule has 0 N–H and O–H groups in total. The second-order valence-corrected chi connectivity index (χ2v) is 14.0. The van der Waals surface area contributed by atoms with Gasteiger partial charge in [0, 0.05) is 21.5 Å². The summed E-state index contributed by atoms with van der Waals surface area (Å²) >= 11 is 0. The van der Waals surface area contributed by atoms with Gasteiger partial charge in [0.15, 0.2) is 0 Å². The minimum absolute atomic E-state index is 0.913. The Kier molecular flexibility index (Phi) is 5.53. The summed E-state index contributed by atoms with van der Waals surface area (Å²) in [6, 6.07) is 61.6. The fourth-order valence-electron chi connectivity index (χ4n) is 8.84. The van der Waals surface area contributed by atoms with Crippen LogP contribution in [0.4, 0.5) is 0 Å². The molecule has 0 unspecified atom stereocenters. The van der Waals surface area contributed by atoms with E-state index in [4.69, 9.17) is 8.83 Å². The molecule has 12 aromatic rings. The zero-order chi connectivity index (χ0) is 33.9. The molecule has 0 fully saturated rings. The molecule has 0 atom stereocenters. The summed E-state index contributed by atoms with van der Waals surface area (Å²) in [6.07, 6.45) is 0. The van der Waals surface area contributed by atoms with Crippen LogP contribution in [0.1, 0.15) is 0 Å². The van der Waals surface area contributed by atoms with Crippen LogP contribution in [0.15, 0.2) is 179 Å². The zero-order valence-electron chi connectivity index (χ0n) is 28.0. The minimum atomic E-state index is 0.913. The lowest BCUT2D eigenvalue weighted by atomic mass is 9.85. The summed E-state index contributed by atoms with van der Waals surface area (Å²) in [5.74, 6) is 0. The fourth-order valence-corrected chi connectivity index (χ4v) is 8.84. The Morgan fingerprint density at radius 2 is 0.519 bits per heavy atom. The third-order valence-electron chi connectivity index (χ3n) is 11.2. The van der Waals surface area contributed by atoms with Crippen LogP contribution in [0.3, 0.4) is 0 Å². The molecule has 0 radical (unpaired) electrons. The van der Waals surface area contributed by atoms with Crippen molar-refractivity contribution in [2.45, 2.75) is 0 Å². The van der Waals surface area contributed by atoms with Crippen molar-refractivity contribution in [3.63, 3.8) is 0 Å². The van der Waals surface area contributed by atoms with Crippen molar-refractivity contribution in [2.24, 2.45) is 0 Å². The van der Waals surface area contributed by atoms with Gasteiger partial charge in [-0.25, -0.2) is 0 Å². The van der Waals surface area contributed by atoms with E-state index >= 15 is 0 Å². The van der Waals surface area contributed by atoms with Crippen LogP contribution in [0.5, 0.6) is 0 Å². The largest absolute Gasteiger partial charge is 0.456 e. The lowest BCUT2D eigenvalue weighted by Crippen LogP contribution is -1.90. The van der Waals surface area contributed by atoms with Crippen molar-refractivity contribution in [3.8, 4) is 22.3 Å². The van der Waals surface area contributed by atoms with E-state index < -0.39 is 0 Å². The Morgan fingerprint density at radius 3 is 0.962 bits per heavy atom. The van der Waals surface area contributed by atoms with E-state index in [9.17, 15) is 0 Å².